The van der Waals surface area contributed by atoms with E-state index in [1.165, 1.54) is 12.1 Å². The number of halogens is 1. The molecule has 0 spiro atoms. The van der Waals surface area contributed by atoms with Gasteiger partial charge in [-0.2, -0.15) is 0 Å². The minimum absolute atomic E-state index is 0.159. The second kappa shape index (κ2) is 7.40. The second-order valence-corrected chi connectivity index (χ2v) is 7.09. The van der Waals surface area contributed by atoms with Gasteiger partial charge in [0.2, 0.25) is 10.0 Å². The molecule has 1 unspecified atom stereocenters. The van der Waals surface area contributed by atoms with E-state index in [4.69, 9.17) is 6.42 Å². The third kappa shape index (κ3) is 4.65. The molecule has 0 aliphatic heterocycles. The van der Waals surface area contributed by atoms with Crippen molar-refractivity contribution in [3.63, 3.8) is 0 Å². The first-order chi connectivity index (χ1) is 10.9. The summed E-state index contributed by atoms with van der Waals surface area (Å²) < 4.78 is 40.2. The van der Waals surface area contributed by atoms with Crippen molar-refractivity contribution >= 4 is 10.0 Å². The average molecular weight is 331 g/mol. The number of sulfonamides is 1. The highest BCUT2D eigenvalue weighted by atomic mass is 32.2. The minimum Gasteiger partial charge on any atom is -0.211 e. The fourth-order valence-electron chi connectivity index (χ4n) is 2.20. The molecule has 120 valence electrons. The van der Waals surface area contributed by atoms with Crippen LogP contribution in [0.2, 0.25) is 0 Å². The summed E-state index contributed by atoms with van der Waals surface area (Å²) in [5.41, 5.74) is 1.79. The van der Waals surface area contributed by atoms with Gasteiger partial charge in [0.15, 0.2) is 0 Å². The Bertz CT molecular complexity index is 790. The lowest BCUT2D eigenvalue weighted by atomic mass is 9.96. The van der Waals surface area contributed by atoms with Gasteiger partial charge in [-0.1, -0.05) is 29.8 Å². The number of rotatable bonds is 6. The lowest BCUT2D eigenvalue weighted by molar-refractivity contribution is 0.570. The number of nitrogens with one attached hydrogen (secondary N) is 1. The molecule has 0 bridgehead atoms. The van der Waals surface area contributed by atoms with Crippen LogP contribution in [0.15, 0.2) is 53.4 Å². The highest BCUT2D eigenvalue weighted by molar-refractivity contribution is 7.89. The number of benzene rings is 2. The quantitative estimate of drug-likeness (QED) is 0.826. The molecule has 5 heteroatoms. The van der Waals surface area contributed by atoms with Crippen molar-refractivity contribution in [2.75, 3.05) is 6.54 Å². The third-order valence-corrected chi connectivity index (χ3v) is 5.00. The van der Waals surface area contributed by atoms with Gasteiger partial charge < -0.3 is 0 Å². The Balaban J connectivity index is 2.13. The fraction of sp³-hybridized carbons (Fsp3) is 0.222. The van der Waals surface area contributed by atoms with E-state index in [0.717, 1.165) is 11.1 Å². The Morgan fingerprint density at radius 2 is 1.74 bits per heavy atom. The molecule has 0 saturated heterocycles. The largest absolute Gasteiger partial charge is 0.240 e. The summed E-state index contributed by atoms with van der Waals surface area (Å²) in [7, 11) is -3.60. The summed E-state index contributed by atoms with van der Waals surface area (Å²) in [6.07, 6.45) is 5.73. The maximum Gasteiger partial charge on any atom is 0.240 e. The molecule has 2 aromatic rings. The first-order valence-corrected chi connectivity index (χ1v) is 8.66. The predicted molar refractivity (Wildman–Crippen MR) is 89.0 cm³/mol. The number of hydrogen-bond acceptors (Lipinski definition) is 2. The molecule has 0 fully saturated rings. The van der Waals surface area contributed by atoms with Crippen LogP contribution in [0.5, 0.6) is 0 Å². The van der Waals surface area contributed by atoms with Crippen LogP contribution < -0.4 is 4.72 Å². The zero-order valence-corrected chi connectivity index (χ0v) is 13.6. The molecule has 0 aliphatic carbocycles. The molecule has 2 rings (SSSR count). The SMILES string of the molecule is C#CCC(CNS(=O)(=O)c1ccc(C)cc1)c1ccc(F)cc1. The molecule has 23 heavy (non-hydrogen) atoms. The predicted octanol–water partition coefficient (Wildman–Crippen LogP) is 3.22. The van der Waals surface area contributed by atoms with Crippen molar-refractivity contribution in [1.82, 2.24) is 4.72 Å². The van der Waals surface area contributed by atoms with E-state index in [0.29, 0.717) is 6.42 Å². The highest BCUT2D eigenvalue weighted by Gasteiger charge is 2.17. The number of aryl methyl sites for hydroxylation is 1. The molecule has 0 radical (unpaired) electrons. The Morgan fingerprint density at radius 3 is 2.30 bits per heavy atom. The van der Waals surface area contributed by atoms with E-state index in [1.54, 1.807) is 36.4 Å². The molecule has 1 N–H and O–H groups in total. The summed E-state index contributed by atoms with van der Waals surface area (Å²) in [6.45, 7) is 2.05. The molecule has 0 aliphatic rings. The average Bonchev–Trinajstić information content (AvgIpc) is 2.53. The van der Waals surface area contributed by atoms with Crippen LogP contribution in [0.3, 0.4) is 0 Å². The number of hydrogen-bond donors (Lipinski definition) is 1. The number of terminal acetylenes is 1. The summed E-state index contributed by atoms with van der Waals surface area (Å²) >= 11 is 0. The van der Waals surface area contributed by atoms with E-state index in [2.05, 4.69) is 10.6 Å². The van der Waals surface area contributed by atoms with Gasteiger partial charge >= 0.3 is 0 Å². The van der Waals surface area contributed by atoms with Crippen molar-refractivity contribution in [3.8, 4) is 12.3 Å². The van der Waals surface area contributed by atoms with E-state index in [9.17, 15) is 12.8 Å². The smallest absolute Gasteiger partial charge is 0.211 e. The lowest BCUT2D eigenvalue weighted by Gasteiger charge is -2.16. The van der Waals surface area contributed by atoms with Crippen LogP contribution in [0.25, 0.3) is 0 Å². The van der Waals surface area contributed by atoms with Crippen LogP contribution in [0.4, 0.5) is 4.39 Å². The van der Waals surface area contributed by atoms with Crippen LogP contribution in [-0.2, 0) is 10.0 Å². The van der Waals surface area contributed by atoms with Gasteiger partial charge in [-0.25, -0.2) is 17.5 Å². The van der Waals surface area contributed by atoms with Gasteiger partial charge in [0.05, 0.1) is 4.90 Å². The van der Waals surface area contributed by atoms with Gasteiger partial charge in [0.1, 0.15) is 5.82 Å². The summed E-state index contributed by atoms with van der Waals surface area (Å²) in [5, 5.41) is 0. The molecule has 3 nitrogen and oxygen atoms in total. The van der Waals surface area contributed by atoms with E-state index in [1.807, 2.05) is 6.92 Å². The molecule has 0 heterocycles. The first kappa shape index (κ1) is 17.2. The zero-order valence-electron chi connectivity index (χ0n) is 12.8. The standard InChI is InChI=1S/C18H18FNO2S/c1-3-4-16(15-7-9-17(19)10-8-15)13-20-23(21,22)18-11-5-14(2)6-12-18/h1,5-12,16,20H,4,13H2,2H3. The van der Waals surface area contributed by atoms with Crippen LogP contribution in [0, 0.1) is 25.1 Å². The Kier molecular flexibility index (Phi) is 5.54. The first-order valence-electron chi connectivity index (χ1n) is 7.17. The Morgan fingerprint density at radius 1 is 1.13 bits per heavy atom. The summed E-state index contributed by atoms with van der Waals surface area (Å²) in [4.78, 5) is 0.210. The van der Waals surface area contributed by atoms with Gasteiger partial charge in [-0.05, 0) is 36.8 Å². The summed E-state index contributed by atoms with van der Waals surface area (Å²) in [6, 6.07) is 12.5. The van der Waals surface area contributed by atoms with Crippen LogP contribution in [0.1, 0.15) is 23.5 Å². The van der Waals surface area contributed by atoms with Crippen molar-refractivity contribution < 1.29 is 12.8 Å². The van der Waals surface area contributed by atoms with Crippen LogP contribution in [-0.4, -0.2) is 15.0 Å². The maximum absolute atomic E-state index is 13.0. The third-order valence-electron chi connectivity index (χ3n) is 3.56. The summed E-state index contributed by atoms with van der Waals surface area (Å²) in [5.74, 6) is 1.99. The van der Waals surface area contributed by atoms with E-state index < -0.39 is 10.0 Å². The van der Waals surface area contributed by atoms with E-state index in [-0.39, 0.29) is 23.2 Å². The van der Waals surface area contributed by atoms with Gasteiger partial charge in [0.25, 0.3) is 0 Å². The monoisotopic (exact) mass is 331 g/mol. The topological polar surface area (TPSA) is 46.2 Å². The van der Waals surface area contributed by atoms with Gasteiger partial charge in [-0.15, -0.1) is 12.3 Å². The molecule has 2 aromatic carbocycles. The minimum atomic E-state index is -3.60. The molecule has 1 atom stereocenters. The highest BCUT2D eigenvalue weighted by Crippen LogP contribution is 2.20. The molecular formula is C18H18FNO2S. The van der Waals surface area contributed by atoms with Crippen molar-refractivity contribution in [2.45, 2.75) is 24.2 Å². The Labute approximate surface area is 136 Å². The normalized spacial score (nSPS) is 12.6. The molecule has 0 saturated carbocycles. The molecule has 0 aromatic heterocycles. The van der Waals surface area contributed by atoms with Crippen molar-refractivity contribution in [3.05, 3.63) is 65.5 Å². The maximum atomic E-state index is 13.0. The Hall–Kier alpha value is -2.16. The van der Waals surface area contributed by atoms with Gasteiger partial charge in [0, 0.05) is 18.9 Å². The second-order valence-electron chi connectivity index (χ2n) is 5.32. The molecular weight excluding hydrogens is 313 g/mol. The van der Waals surface area contributed by atoms with Crippen molar-refractivity contribution in [2.24, 2.45) is 0 Å². The van der Waals surface area contributed by atoms with Crippen LogP contribution >= 0.6 is 0 Å². The molecule has 0 amide bonds. The lowest BCUT2D eigenvalue weighted by Crippen LogP contribution is -2.28. The van der Waals surface area contributed by atoms with Crippen molar-refractivity contribution in [1.29, 1.82) is 0 Å². The van der Waals surface area contributed by atoms with E-state index >= 15 is 0 Å². The van der Waals surface area contributed by atoms with Gasteiger partial charge in [-0.3, -0.25) is 0 Å². The zero-order chi connectivity index (χ0) is 16.9. The fourth-order valence-corrected chi connectivity index (χ4v) is 3.28.